The second-order valence-electron chi connectivity index (χ2n) is 4.45. The van der Waals surface area contributed by atoms with Crippen LogP contribution in [0.2, 0.25) is 0 Å². The van der Waals surface area contributed by atoms with E-state index >= 15 is 0 Å². The number of alkyl halides is 3. The number of halogens is 3. The quantitative estimate of drug-likeness (QED) is 0.761. The van der Waals surface area contributed by atoms with Gasteiger partial charge in [-0.1, -0.05) is 6.07 Å². The normalized spacial score (nSPS) is 11.8. The summed E-state index contributed by atoms with van der Waals surface area (Å²) < 4.78 is 40.1. The fourth-order valence-corrected chi connectivity index (χ4v) is 2.03. The van der Waals surface area contributed by atoms with E-state index in [-0.39, 0.29) is 22.7 Å². The number of nitrogens with one attached hydrogen (secondary N) is 1. The first-order valence-corrected chi connectivity index (χ1v) is 6.19. The zero-order valence-corrected chi connectivity index (χ0v) is 11.3. The van der Waals surface area contributed by atoms with Crippen LogP contribution in [0.3, 0.4) is 0 Å². The maximum Gasteiger partial charge on any atom is 0.451 e. The van der Waals surface area contributed by atoms with Gasteiger partial charge in [0.2, 0.25) is 5.82 Å². The standard InChI is InChI=1S/C13H10F3N5O/c1-17-10-9-11(20-12(19-10)13(14,15)16)21(6-18-9)7-3-2-4-8(22)5-7/h2-6,22H,1H3,(H,17,19,20). The first-order chi connectivity index (χ1) is 10.4. The van der Waals surface area contributed by atoms with Crippen molar-refractivity contribution in [2.45, 2.75) is 6.18 Å². The van der Waals surface area contributed by atoms with Crippen LogP contribution in [0.5, 0.6) is 5.75 Å². The molecule has 9 heteroatoms. The van der Waals surface area contributed by atoms with Crippen LogP contribution in [0.4, 0.5) is 19.0 Å². The van der Waals surface area contributed by atoms with Crippen LogP contribution in [0.1, 0.15) is 5.82 Å². The minimum Gasteiger partial charge on any atom is -0.508 e. The topological polar surface area (TPSA) is 75.9 Å². The third kappa shape index (κ3) is 2.30. The SMILES string of the molecule is CNc1nc(C(F)(F)F)nc2c1ncn2-c1cccc(O)c1. The number of imidazole rings is 1. The van der Waals surface area contributed by atoms with Crippen molar-refractivity contribution in [1.29, 1.82) is 0 Å². The highest BCUT2D eigenvalue weighted by atomic mass is 19.4. The molecule has 114 valence electrons. The van der Waals surface area contributed by atoms with Crippen LogP contribution in [-0.4, -0.2) is 31.7 Å². The fraction of sp³-hybridized carbons (Fsp3) is 0.154. The molecule has 0 aliphatic carbocycles. The van der Waals surface area contributed by atoms with Gasteiger partial charge in [0.1, 0.15) is 12.1 Å². The Bertz CT molecular complexity index is 843. The molecule has 2 aromatic heterocycles. The molecule has 22 heavy (non-hydrogen) atoms. The number of benzene rings is 1. The van der Waals surface area contributed by atoms with Crippen molar-refractivity contribution < 1.29 is 18.3 Å². The Morgan fingerprint density at radius 2 is 2.00 bits per heavy atom. The van der Waals surface area contributed by atoms with Gasteiger partial charge in [0.15, 0.2) is 17.0 Å². The Morgan fingerprint density at radius 1 is 1.23 bits per heavy atom. The molecule has 6 nitrogen and oxygen atoms in total. The molecule has 2 N–H and O–H groups in total. The molecule has 0 amide bonds. The van der Waals surface area contributed by atoms with Gasteiger partial charge in [-0.05, 0) is 12.1 Å². The Balaban J connectivity index is 2.29. The van der Waals surface area contributed by atoms with E-state index in [1.54, 1.807) is 12.1 Å². The van der Waals surface area contributed by atoms with Gasteiger partial charge < -0.3 is 10.4 Å². The number of hydrogen-bond acceptors (Lipinski definition) is 5. The molecular weight excluding hydrogens is 299 g/mol. The molecule has 0 spiro atoms. The van der Waals surface area contributed by atoms with Gasteiger partial charge in [-0.15, -0.1) is 0 Å². The summed E-state index contributed by atoms with van der Waals surface area (Å²) in [4.78, 5) is 11.1. The van der Waals surface area contributed by atoms with E-state index in [9.17, 15) is 18.3 Å². The summed E-state index contributed by atoms with van der Waals surface area (Å²) in [7, 11) is 1.45. The highest BCUT2D eigenvalue weighted by Gasteiger charge is 2.36. The largest absolute Gasteiger partial charge is 0.508 e. The van der Waals surface area contributed by atoms with E-state index in [2.05, 4.69) is 20.3 Å². The average molecular weight is 309 g/mol. The first kappa shape index (κ1) is 14.1. The summed E-state index contributed by atoms with van der Waals surface area (Å²) in [5.74, 6) is -1.29. The smallest absolute Gasteiger partial charge is 0.451 e. The van der Waals surface area contributed by atoms with Gasteiger partial charge in [0.25, 0.3) is 0 Å². The van der Waals surface area contributed by atoms with E-state index < -0.39 is 12.0 Å². The minimum absolute atomic E-state index is 0.00252. The molecule has 0 saturated carbocycles. The molecule has 3 rings (SSSR count). The number of nitrogens with zero attached hydrogens (tertiary/aromatic N) is 4. The predicted octanol–water partition coefficient (Wildman–Crippen LogP) is 2.58. The van der Waals surface area contributed by atoms with Gasteiger partial charge in [-0.2, -0.15) is 13.2 Å². The first-order valence-electron chi connectivity index (χ1n) is 6.19. The van der Waals surface area contributed by atoms with Gasteiger partial charge in [0, 0.05) is 13.1 Å². The van der Waals surface area contributed by atoms with Gasteiger partial charge in [-0.3, -0.25) is 4.57 Å². The lowest BCUT2D eigenvalue weighted by atomic mass is 10.3. The Hall–Kier alpha value is -2.84. The molecule has 0 saturated heterocycles. The molecule has 0 aliphatic rings. The van der Waals surface area contributed by atoms with Crippen molar-refractivity contribution in [2.75, 3.05) is 12.4 Å². The highest BCUT2D eigenvalue weighted by molar-refractivity contribution is 5.84. The number of aromatic nitrogens is 4. The van der Waals surface area contributed by atoms with Crippen molar-refractivity contribution in [3.63, 3.8) is 0 Å². The van der Waals surface area contributed by atoms with Crippen LogP contribution in [-0.2, 0) is 6.18 Å². The Kier molecular flexibility index (Phi) is 3.12. The van der Waals surface area contributed by atoms with Crippen LogP contribution < -0.4 is 5.32 Å². The number of rotatable bonds is 2. The molecule has 0 unspecified atom stereocenters. The predicted molar refractivity (Wildman–Crippen MR) is 72.9 cm³/mol. The maximum absolute atomic E-state index is 12.9. The Labute approximate surface area is 122 Å². The lowest BCUT2D eigenvalue weighted by Gasteiger charge is -2.09. The van der Waals surface area contributed by atoms with Crippen molar-refractivity contribution in [3.8, 4) is 11.4 Å². The molecule has 0 radical (unpaired) electrons. The lowest BCUT2D eigenvalue weighted by Crippen LogP contribution is -2.13. The molecule has 3 aromatic rings. The van der Waals surface area contributed by atoms with E-state index in [4.69, 9.17) is 0 Å². The molecule has 2 heterocycles. The third-order valence-corrected chi connectivity index (χ3v) is 2.99. The fourth-order valence-electron chi connectivity index (χ4n) is 2.03. The zero-order chi connectivity index (χ0) is 15.9. The maximum atomic E-state index is 12.9. The van der Waals surface area contributed by atoms with Crippen LogP contribution in [0, 0.1) is 0 Å². The summed E-state index contributed by atoms with van der Waals surface area (Å²) in [5.41, 5.74) is 0.646. The van der Waals surface area contributed by atoms with E-state index in [1.807, 2.05) is 0 Å². The van der Waals surface area contributed by atoms with E-state index in [0.717, 1.165) is 0 Å². The molecule has 0 atom stereocenters. The highest BCUT2D eigenvalue weighted by Crippen LogP contribution is 2.30. The van der Waals surface area contributed by atoms with Crippen molar-refractivity contribution >= 4 is 17.0 Å². The Morgan fingerprint density at radius 3 is 2.64 bits per heavy atom. The van der Waals surface area contributed by atoms with Crippen LogP contribution in [0.15, 0.2) is 30.6 Å². The molecule has 0 aliphatic heterocycles. The monoisotopic (exact) mass is 309 g/mol. The zero-order valence-electron chi connectivity index (χ0n) is 11.3. The van der Waals surface area contributed by atoms with Crippen molar-refractivity contribution in [1.82, 2.24) is 19.5 Å². The number of aromatic hydroxyl groups is 1. The number of phenolic OH excluding ortho intramolecular Hbond substituents is 1. The van der Waals surface area contributed by atoms with Crippen molar-refractivity contribution in [3.05, 3.63) is 36.4 Å². The summed E-state index contributed by atoms with van der Waals surface area (Å²) in [6, 6.07) is 6.05. The summed E-state index contributed by atoms with van der Waals surface area (Å²) in [5, 5.41) is 12.1. The molecule has 1 aromatic carbocycles. The molecule has 0 fully saturated rings. The van der Waals surface area contributed by atoms with Gasteiger partial charge in [0.05, 0.1) is 5.69 Å². The summed E-state index contributed by atoms with van der Waals surface area (Å²) in [6.45, 7) is 0. The lowest BCUT2D eigenvalue weighted by molar-refractivity contribution is -0.144. The number of anilines is 1. The van der Waals surface area contributed by atoms with Crippen molar-refractivity contribution in [2.24, 2.45) is 0 Å². The summed E-state index contributed by atoms with van der Waals surface area (Å²) >= 11 is 0. The van der Waals surface area contributed by atoms with E-state index in [1.165, 1.54) is 30.1 Å². The number of fused-ring (bicyclic) bond motifs is 1. The number of hydrogen-bond donors (Lipinski definition) is 2. The van der Waals surface area contributed by atoms with E-state index in [0.29, 0.717) is 5.69 Å². The van der Waals surface area contributed by atoms with Crippen LogP contribution in [0.25, 0.3) is 16.9 Å². The summed E-state index contributed by atoms with van der Waals surface area (Å²) in [6.07, 6.45) is -3.34. The average Bonchev–Trinajstić information content (AvgIpc) is 2.89. The second kappa shape index (κ2) is 4.86. The molecule has 0 bridgehead atoms. The van der Waals surface area contributed by atoms with Crippen LogP contribution >= 0.6 is 0 Å². The molecular formula is C13H10F3N5O. The van der Waals surface area contributed by atoms with Gasteiger partial charge in [-0.25, -0.2) is 15.0 Å². The second-order valence-corrected chi connectivity index (χ2v) is 4.45. The van der Waals surface area contributed by atoms with Gasteiger partial charge >= 0.3 is 6.18 Å². The number of phenols is 1. The minimum atomic E-state index is -4.67. The third-order valence-electron chi connectivity index (χ3n) is 2.99.